The number of aryl methyl sites for hydroxylation is 3. The van der Waals surface area contributed by atoms with Crippen molar-refractivity contribution >= 4 is 11.9 Å². The van der Waals surface area contributed by atoms with Crippen LogP contribution in [0.25, 0.3) is 0 Å². The van der Waals surface area contributed by atoms with E-state index < -0.39 is 12.1 Å². The molecule has 1 aromatic carbocycles. The molecule has 1 amide bonds. The number of aliphatic hydroxyl groups is 1. The maximum atomic E-state index is 12.3. The molecule has 0 aliphatic rings. The fraction of sp³-hybridized carbons (Fsp3) is 0.429. The summed E-state index contributed by atoms with van der Waals surface area (Å²) >= 11 is 0. The summed E-state index contributed by atoms with van der Waals surface area (Å²) in [5.41, 5.74) is 5.63. The fourth-order valence-electron chi connectivity index (χ4n) is 3.20. The van der Waals surface area contributed by atoms with Crippen LogP contribution in [-0.4, -0.2) is 28.6 Å². The van der Waals surface area contributed by atoms with Gasteiger partial charge in [0.05, 0.1) is 12.1 Å². The first-order chi connectivity index (χ1) is 12.6. The zero-order valence-corrected chi connectivity index (χ0v) is 16.8. The summed E-state index contributed by atoms with van der Waals surface area (Å²) in [6.07, 6.45) is -0.690. The largest absolute Gasteiger partial charge is 0.451 e. The molecule has 27 heavy (non-hydrogen) atoms. The first-order valence-electron chi connectivity index (χ1n) is 9.02. The highest BCUT2D eigenvalue weighted by Crippen LogP contribution is 2.24. The number of hydrogen-bond acceptors (Lipinski definition) is 4. The Morgan fingerprint density at radius 1 is 1.15 bits per heavy atom. The number of aromatic amines is 1. The number of amides is 1. The number of benzene rings is 1. The second-order valence-electron chi connectivity index (χ2n) is 7.05. The van der Waals surface area contributed by atoms with E-state index in [1.165, 1.54) is 5.56 Å². The summed E-state index contributed by atoms with van der Waals surface area (Å²) in [5, 5.41) is 12.6. The van der Waals surface area contributed by atoms with Gasteiger partial charge in [0.15, 0.2) is 6.61 Å². The predicted octanol–water partition coefficient (Wildman–Crippen LogP) is 3.34. The number of nitrogens with one attached hydrogen (secondary N) is 2. The lowest BCUT2D eigenvalue weighted by Crippen LogP contribution is -2.31. The molecule has 6 heteroatoms. The minimum atomic E-state index is -0.690. The van der Waals surface area contributed by atoms with Gasteiger partial charge in [0, 0.05) is 11.3 Å². The third-order valence-corrected chi connectivity index (χ3v) is 4.86. The normalized spacial score (nSPS) is 13.1. The van der Waals surface area contributed by atoms with Gasteiger partial charge < -0.3 is 20.1 Å². The Labute approximate surface area is 159 Å². The molecule has 0 bridgehead atoms. The van der Waals surface area contributed by atoms with Gasteiger partial charge in [-0.1, -0.05) is 18.2 Å². The van der Waals surface area contributed by atoms with Gasteiger partial charge in [-0.05, 0) is 63.8 Å². The molecule has 2 atom stereocenters. The molecular formula is C21H28N2O4. The molecule has 1 aromatic heterocycles. The van der Waals surface area contributed by atoms with Crippen LogP contribution in [0, 0.1) is 27.7 Å². The molecule has 2 rings (SSSR count). The van der Waals surface area contributed by atoms with E-state index in [1.807, 2.05) is 39.0 Å². The van der Waals surface area contributed by atoms with Gasteiger partial charge in [-0.3, -0.25) is 4.79 Å². The van der Waals surface area contributed by atoms with E-state index in [9.17, 15) is 14.7 Å². The van der Waals surface area contributed by atoms with E-state index in [0.29, 0.717) is 16.8 Å². The monoisotopic (exact) mass is 372 g/mol. The summed E-state index contributed by atoms with van der Waals surface area (Å²) < 4.78 is 5.13. The van der Waals surface area contributed by atoms with Gasteiger partial charge in [-0.25, -0.2) is 4.79 Å². The van der Waals surface area contributed by atoms with E-state index in [1.54, 1.807) is 20.8 Å². The molecule has 0 aliphatic heterocycles. The van der Waals surface area contributed by atoms with Crippen molar-refractivity contribution in [3.8, 4) is 0 Å². The summed E-state index contributed by atoms with van der Waals surface area (Å²) in [7, 11) is 0. The average molecular weight is 372 g/mol. The summed E-state index contributed by atoms with van der Waals surface area (Å²) in [6, 6.07) is 5.84. The van der Waals surface area contributed by atoms with Gasteiger partial charge in [0.1, 0.15) is 5.69 Å². The van der Waals surface area contributed by atoms with Crippen molar-refractivity contribution in [3.63, 3.8) is 0 Å². The van der Waals surface area contributed by atoms with Crippen LogP contribution in [0.3, 0.4) is 0 Å². The van der Waals surface area contributed by atoms with Gasteiger partial charge in [-0.2, -0.15) is 0 Å². The average Bonchev–Trinajstić information content (AvgIpc) is 2.89. The number of ether oxygens (including phenoxy) is 1. The Hall–Kier alpha value is -2.60. The van der Waals surface area contributed by atoms with E-state index in [2.05, 4.69) is 10.3 Å². The SMILES string of the molecule is Cc1ccc([C@@H](C)NC(=O)COC(=O)c2[nH]c(C)c([C@H](C)O)c2C)cc1C. The highest BCUT2D eigenvalue weighted by Gasteiger charge is 2.22. The minimum absolute atomic E-state index is 0.188. The lowest BCUT2D eigenvalue weighted by atomic mass is 10.0. The number of carbonyl (C=O) groups is 2. The Bertz CT molecular complexity index is 852. The second-order valence-corrected chi connectivity index (χ2v) is 7.05. The van der Waals surface area contributed by atoms with E-state index in [4.69, 9.17) is 4.74 Å². The van der Waals surface area contributed by atoms with Crippen LogP contribution in [0.2, 0.25) is 0 Å². The first-order valence-corrected chi connectivity index (χ1v) is 9.02. The molecule has 0 aliphatic carbocycles. The maximum Gasteiger partial charge on any atom is 0.355 e. The van der Waals surface area contributed by atoms with Crippen LogP contribution >= 0.6 is 0 Å². The zero-order chi connectivity index (χ0) is 20.3. The lowest BCUT2D eigenvalue weighted by molar-refractivity contribution is -0.124. The number of aromatic nitrogens is 1. The van der Waals surface area contributed by atoms with Crippen LogP contribution in [-0.2, 0) is 9.53 Å². The summed E-state index contributed by atoms with van der Waals surface area (Å²) in [5.74, 6) is -0.984. The zero-order valence-electron chi connectivity index (χ0n) is 16.8. The van der Waals surface area contributed by atoms with Gasteiger partial charge in [0.2, 0.25) is 0 Å². The fourth-order valence-corrected chi connectivity index (χ4v) is 3.20. The van der Waals surface area contributed by atoms with Crippen molar-refractivity contribution in [2.24, 2.45) is 0 Å². The van der Waals surface area contributed by atoms with Crippen LogP contribution in [0.15, 0.2) is 18.2 Å². The molecule has 0 saturated carbocycles. The van der Waals surface area contributed by atoms with Crippen LogP contribution in [0.1, 0.15) is 70.0 Å². The molecule has 6 nitrogen and oxygen atoms in total. The molecule has 0 fully saturated rings. The van der Waals surface area contributed by atoms with Crippen molar-refractivity contribution in [1.82, 2.24) is 10.3 Å². The van der Waals surface area contributed by atoms with Crippen molar-refractivity contribution in [2.75, 3.05) is 6.61 Å². The highest BCUT2D eigenvalue weighted by molar-refractivity contribution is 5.91. The van der Waals surface area contributed by atoms with E-state index in [0.717, 1.165) is 11.1 Å². The number of esters is 1. The molecule has 0 unspecified atom stereocenters. The number of aliphatic hydroxyl groups excluding tert-OH is 1. The van der Waals surface area contributed by atoms with E-state index in [-0.39, 0.29) is 24.2 Å². The molecule has 3 N–H and O–H groups in total. The molecule has 1 heterocycles. The number of H-pyrrole nitrogens is 1. The minimum Gasteiger partial charge on any atom is -0.451 e. The number of rotatable bonds is 6. The number of hydrogen-bond donors (Lipinski definition) is 3. The molecule has 146 valence electrons. The third-order valence-electron chi connectivity index (χ3n) is 4.86. The van der Waals surface area contributed by atoms with Gasteiger partial charge in [-0.15, -0.1) is 0 Å². The quantitative estimate of drug-likeness (QED) is 0.678. The Kier molecular flexibility index (Phi) is 6.44. The van der Waals surface area contributed by atoms with Crippen molar-refractivity contribution in [1.29, 1.82) is 0 Å². The van der Waals surface area contributed by atoms with Crippen molar-refractivity contribution < 1.29 is 19.4 Å². The predicted molar refractivity (Wildman–Crippen MR) is 104 cm³/mol. The lowest BCUT2D eigenvalue weighted by Gasteiger charge is -2.15. The van der Waals surface area contributed by atoms with Crippen LogP contribution in [0.4, 0.5) is 0 Å². The van der Waals surface area contributed by atoms with Crippen molar-refractivity contribution in [2.45, 2.75) is 53.7 Å². The Morgan fingerprint density at radius 3 is 2.37 bits per heavy atom. The summed E-state index contributed by atoms with van der Waals surface area (Å²) in [4.78, 5) is 27.4. The summed E-state index contributed by atoms with van der Waals surface area (Å²) in [6.45, 7) is 10.7. The molecule has 2 aromatic rings. The van der Waals surface area contributed by atoms with Crippen LogP contribution in [0.5, 0.6) is 0 Å². The topological polar surface area (TPSA) is 91.4 Å². The third kappa shape index (κ3) is 4.77. The smallest absolute Gasteiger partial charge is 0.355 e. The van der Waals surface area contributed by atoms with Crippen LogP contribution < -0.4 is 5.32 Å². The van der Waals surface area contributed by atoms with Crippen molar-refractivity contribution in [3.05, 3.63) is 57.4 Å². The van der Waals surface area contributed by atoms with Gasteiger partial charge in [0.25, 0.3) is 5.91 Å². The first kappa shape index (κ1) is 20.7. The van der Waals surface area contributed by atoms with E-state index >= 15 is 0 Å². The standard InChI is InChI=1S/C21H28N2O4/c1-11-7-8-17(9-12(11)2)14(4)22-18(25)10-27-21(26)20-13(3)19(16(6)24)15(5)23-20/h7-9,14,16,23-24H,10H2,1-6H3,(H,22,25)/t14-,16+/m1/s1. The second kappa shape index (κ2) is 8.39. The van der Waals surface area contributed by atoms with Gasteiger partial charge >= 0.3 is 5.97 Å². The highest BCUT2D eigenvalue weighted by atomic mass is 16.5. The molecule has 0 saturated heterocycles. The maximum absolute atomic E-state index is 12.3. The number of carbonyl (C=O) groups excluding carboxylic acids is 2. The Morgan fingerprint density at radius 2 is 1.81 bits per heavy atom. The molecular weight excluding hydrogens is 344 g/mol. The Balaban J connectivity index is 1.96. The molecule has 0 spiro atoms. The molecule has 0 radical (unpaired) electrons.